The molecule has 2 rings (SSSR count). The minimum Gasteiger partial charge on any atom is -0.482 e. The summed E-state index contributed by atoms with van der Waals surface area (Å²) in [6.07, 6.45) is -4.54. The van der Waals surface area contributed by atoms with E-state index in [-0.39, 0.29) is 27.7 Å². The first kappa shape index (κ1) is 18.5. The van der Waals surface area contributed by atoms with Gasteiger partial charge in [0.2, 0.25) is 0 Å². The Balaban J connectivity index is 2.19. The molecular weight excluding hydrogens is 365 g/mol. The molecule has 2 aromatic rings. The molecule has 0 aliphatic heterocycles. The average Bonchev–Trinajstić information content (AvgIpc) is 2.53. The monoisotopic (exact) mass is 374 g/mol. The van der Waals surface area contributed by atoms with Crippen molar-refractivity contribution in [2.75, 3.05) is 11.9 Å². The van der Waals surface area contributed by atoms with Gasteiger partial charge in [0.05, 0.1) is 10.6 Å². The third-order valence-corrected chi connectivity index (χ3v) is 3.16. The molecule has 0 aromatic heterocycles. The number of anilines is 1. The molecule has 25 heavy (non-hydrogen) atoms. The Hall–Kier alpha value is -2.81. The Morgan fingerprint density at radius 2 is 1.84 bits per heavy atom. The fraction of sp³-hybridized carbons (Fsp3) is 0.133. The number of nitro groups is 1. The molecule has 132 valence electrons. The first-order valence-corrected chi connectivity index (χ1v) is 7.08. The van der Waals surface area contributed by atoms with Gasteiger partial charge in [-0.1, -0.05) is 11.6 Å². The third-order valence-electron chi connectivity index (χ3n) is 2.92. The number of benzene rings is 2. The number of rotatable bonds is 5. The van der Waals surface area contributed by atoms with Crippen LogP contribution in [0.2, 0.25) is 5.02 Å². The van der Waals surface area contributed by atoms with Gasteiger partial charge in [0.1, 0.15) is 5.75 Å². The summed E-state index contributed by atoms with van der Waals surface area (Å²) >= 11 is 5.79. The van der Waals surface area contributed by atoms with E-state index in [2.05, 4.69) is 10.1 Å². The van der Waals surface area contributed by atoms with Crippen LogP contribution in [0.25, 0.3) is 0 Å². The van der Waals surface area contributed by atoms with Crippen molar-refractivity contribution in [3.05, 3.63) is 63.2 Å². The zero-order valence-corrected chi connectivity index (χ0v) is 13.1. The third kappa shape index (κ3) is 5.35. The number of carbonyl (C=O) groups excluding carboxylic acids is 1. The van der Waals surface area contributed by atoms with Crippen LogP contribution in [0, 0.1) is 10.1 Å². The molecule has 2 aromatic carbocycles. The van der Waals surface area contributed by atoms with E-state index in [1.54, 1.807) is 0 Å². The lowest BCUT2D eigenvalue weighted by atomic mass is 10.2. The number of amides is 1. The number of nitrogens with zero attached hydrogens (tertiary/aromatic N) is 1. The molecule has 6 nitrogen and oxygen atoms in total. The predicted molar refractivity (Wildman–Crippen MR) is 84.1 cm³/mol. The van der Waals surface area contributed by atoms with Gasteiger partial charge in [0, 0.05) is 22.7 Å². The molecular formula is C15H10ClF3N2O4. The number of non-ortho nitro benzene ring substituents is 1. The highest BCUT2D eigenvalue weighted by Gasteiger charge is 2.29. The van der Waals surface area contributed by atoms with Crippen molar-refractivity contribution in [2.24, 2.45) is 0 Å². The minimum atomic E-state index is -4.54. The van der Waals surface area contributed by atoms with Gasteiger partial charge >= 0.3 is 6.18 Å². The van der Waals surface area contributed by atoms with Crippen LogP contribution in [-0.2, 0) is 0 Å². The molecule has 0 unspecified atom stereocenters. The number of alkyl halides is 3. The molecule has 1 N–H and O–H groups in total. The van der Waals surface area contributed by atoms with Crippen LogP contribution in [-0.4, -0.2) is 23.6 Å². The summed E-state index contributed by atoms with van der Waals surface area (Å²) < 4.78 is 41.5. The second kappa shape index (κ2) is 7.39. The Morgan fingerprint density at radius 3 is 2.40 bits per heavy atom. The fourth-order valence-electron chi connectivity index (χ4n) is 1.81. The zero-order valence-electron chi connectivity index (χ0n) is 12.3. The summed E-state index contributed by atoms with van der Waals surface area (Å²) in [5.74, 6) is -0.897. The summed E-state index contributed by atoms with van der Waals surface area (Å²) in [6.45, 7) is -1.53. The maximum Gasteiger partial charge on any atom is 0.422 e. The van der Waals surface area contributed by atoms with E-state index in [9.17, 15) is 28.1 Å². The summed E-state index contributed by atoms with van der Waals surface area (Å²) in [4.78, 5) is 22.1. The van der Waals surface area contributed by atoms with Gasteiger partial charge in [-0.2, -0.15) is 13.2 Å². The first-order valence-electron chi connectivity index (χ1n) is 6.70. The van der Waals surface area contributed by atoms with Crippen LogP contribution in [0.5, 0.6) is 5.75 Å². The predicted octanol–water partition coefficient (Wildman–Crippen LogP) is 4.44. The molecule has 0 bridgehead atoms. The molecule has 0 saturated carbocycles. The van der Waals surface area contributed by atoms with Crippen LogP contribution in [0.1, 0.15) is 10.4 Å². The van der Waals surface area contributed by atoms with E-state index in [1.807, 2.05) is 0 Å². The Labute approximate surface area is 144 Å². The van der Waals surface area contributed by atoms with E-state index < -0.39 is 23.6 Å². The largest absolute Gasteiger partial charge is 0.482 e. The van der Waals surface area contributed by atoms with Gasteiger partial charge < -0.3 is 10.1 Å². The van der Waals surface area contributed by atoms with Crippen molar-refractivity contribution in [3.63, 3.8) is 0 Å². The van der Waals surface area contributed by atoms with Gasteiger partial charge in [-0.25, -0.2) is 0 Å². The van der Waals surface area contributed by atoms with Gasteiger partial charge in [-0.15, -0.1) is 0 Å². The Morgan fingerprint density at radius 1 is 1.20 bits per heavy atom. The molecule has 0 saturated heterocycles. The molecule has 0 heterocycles. The van der Waals surface area contributed by atoms with Crippen molar-refractivity contribution in [1.29, 1.82) is 0 Å². The maximum absolute atomic E-state index is 12.3. The van der Waals surface area contributed by atoms with E-state index in [0.29, 0.717) is 0 Å². The second-order valence-electron chi connectivity index (χ2n) is 4.80. The molecule has 10 heteroatoms. The average molecular weight is 375 g/mol. The lowest BCUT2D eigenvalue weighted by Gasteiger charge is -2.14. The highest BCUT2D eigenvalue weighted by atomic mass is 35.5. The van der Waals surface area contributed by atoms with Gasteiger partial charge in [-0.3, -0.25) is 14.9 Å². The van der Waals surface area contributed by atoms with Crippen LogP contribution in [0.3, 0.4) is 0 Å². The van der Waals surface area contributed by atoms with E-state index in [1.165, 1.54) is 30.3 Å². The number of nitro benzene ring substituents is 1. The quantitative estimate of drug-likeness (QED) is 0.619. The van der Waals surface area contributed by atoms with Gasteiger partial charge in [-0.05, 0) is 30.3 Å². The number of ether oxygens (including phenoxy) is 1. The normalized spacial score (nSPS) is 11.0. The van der Waals surface area contributed by atoms with E-state index >= 15 is 0 Å². The van der Waals surface area contributed by atoms with E-state index in [4.69, 9.17) is 11.6 Å². The molecule has 0 fully saturated rings. The summed E-state index contributed by atoms with van der Waals surface area (Å²) in [5.41, 5.74) is -0.180. The smallest absolute Gasteiger partial charge is 0.422 e. The molecule has 0 spiro atoms. The van der Waals surface area contributed by atoms with Gasteiger partial charge in [0.25, 0.3) is 11.6 Å². The van der Waals surface area contributed by atoms with Crippen LogP contribution in [0.15, 0.2) is 42.5 Å². The molecule has 1 amide bonds. The number of hydrogen-bond donors (Lipinski definition) is 1. The van der Waals surface area contributed by atoms with Gasteiger partial charge in [0.15, 0.2) is 6.61 Å². The van der Waals surface area contributed by atoms with Crippen molar-refractivity contribution in [1.82, 2.24) is 0 Å². The lowest BCUT2D eigenvalue weighted by molar-refractivity contribution is -0.384. The molecule has 0 radical (unpaired) electrons. The standard InChI is InChI=1S/C15H10ClF3N2O4/c16-10-3-6-13(25-8-15(17,18)19)12(7-10)20-14(22)9-1-4-11(5-2-9)21(23)24/h1-7H,8H2,(H,20,22). The van der Waals surface area contributed by atoms with E-state index in [0.717, 1.165) is 12.1 Å². The van der Waals surface area contributed by atoms with Crippen LogP contribution in [0.4, 0.5) is 24.5 Å². The Bertz CT molecular complexity index is 794. The first-order chi connectivity index (χ1) is 11.7. The summed E-state index contributed by atoms with van der Waals surface area (Å²) in [7, 11) is 0. The van der Waals surface area contributed by atoms with Crippen molar-refractivity contribution >= 4 is 28.9 Å². The minimum absolute atomic E-state index is 0.0555. The number of nitrogens with one attached hydrogen (secondary N) is 1. The highest BCUT2D eigenvalue weighted by Crippen LogP contribution is 2.30. The number of halogens is 4. The molecule has 0 atom stereocenters. The fourth-order valence-corrected chi connectivity index (χ4v) is 1.99. The number of hydrogen-bond acceptors (Lipinski definition) is 4. The summed E-state index contributed by atoms with van der Waals surface area (Å²) in [6, 6.07) is 8.44. The zero-order chi connectivity index (χ0) is 18.6. The summed E-state index contributed by atoms with van der Waals surface area (Å²) in [5, 5.41) is 13.1. The highest BCUT2D eigenvalue weighted by molar-refractivity contribution is 6.31. The van der Waals surface area contributed by atoms with Crippen molar-refractivity contribution in [3.8, 4) is 5.75 Å². The van der Waals surface area contributed by atoms with Crippen LogP contribution >= 0.6 is 11.6 Å². The Kier molecular flexibility index (Phi) is 5.48. The number of carbonyl (C=O) groups is 1. The lowest BCUT2D eigenvalue weighted by Crippen LogP contribution is -2.20. The second-order valence-corrected chi connectivity index (χ2v) is 5.24. The SMILES string of the molecule is O=C(Nc1cc(Cl)ccc1OCC(F)(F)F)c1ccc([N+](=O)[O-])cc1. The van der Waals surface area contributed by atoms with Crippen LogP contribution < -0.4 is 10.1 Å². The molecule has 0 aliphatic rings. The molecule has 0 aliphatic carbocycles. The van der Waals surface area contributed by atoms with Crippen molar-refractivity contribution in [2.45, 2.75) is 6.18 Å². The topological polar surface area (TPSA) is 81.5 Å². The van der Waals surface area contributed by atoms with Crippen molar-refractivity contribution < 1.29 is 27.6 Å². The maximum atomic E-state index is 12.3.